The predicted octanol–water partition coefficient (Wildman–Crippen LogP) is -0.355. The molecule has 0 aliphatic heterocycles. The Morgan fingerprint density at radius 2 is 2.00 bits per heavy atom. The minimum Gasteiger partial charge on any atom is -0.310 e. The Bertz CT molecular complexity index is 624. The highest BCUT2D eigenvalue weighted by molar-refractivity contribution is 7.89. The summed E-state index contributed by atoms with van der Waals surface area (Å²) >= 11 is 0. The first-order chi connectivity index (χ1) is 9.04. The minimum atomic E-state index is -3.42. The Kier molecular flexibility index (Phi) is 4.25. The minimum absolute atomic E-state index is 0.0974. The van der Waals surface area contributed by atoms with Crippen molar-refractivity contribution >= 4 is 10.0 Å². The molecule has 0 aliphatic rings. The van der Waals surface area contributed by atoms with Crippen LogP contribution in [0.15, 0.2) is 36.5 Å². The van der Waals surface area contributed by atoms with Crippen molar-refractivity contribution in [1.29, 1.82) is 0 Å². The third kappa shape index (κ3) is 4.43. The average molecular weight is 281 g/mol. The third-order valence-corrected chi connectivity index (χ3v) is 3.17. The van der Waals surface area contributed by atoms with Gasteiger partial charge in [0.05, 0.1) is 23.3 Å². The van der Waals surface area contributed by atoms with Crippen LogP contribution in [0.5, 0.6) is 0 Å². The fourth-order valence-corrected chi connectivity index (χ4v) is 1.92. The van der Waals surface area contributed by atoms with Gasteiger partial charge < -0.3 is 5.32 Å². The molecule has 102 valence electrons. The lowest BCUT2D eigenvalue weighted by molar-refractivity contribution is 0.591. The van der Waals surface area contributed by atoms with E-state index in [1.807, 2.05) is 30.3 Å². The maximum atomic E-state index is 10.7. The number of nitrogens with zero attached hydrogens (tertiary/aromatic N) is 3. The predicted molar refractivity (Wildman–Crippen MR) is 71.0 cm³/mol. The summed E-state index contributed by atoms with van der Waals surface area (Å²) < 4.78 is 21.5. The fraction of sp³-hybridized carbons (Fsp3) is 0.273. The van der Waals surface area contributed by atoms with Crippen LogP contribution < -0.4 is 10.5 Å². The number of para-hydroxylation sites is 1. The van der Waals surface area contributed by atoms with E-state index >= 15 is 0 Å². The van der Waals surface area contributed by atoms with Crippen LogP contribution in [0.4, 0.5) is 0 Å². The number of rotatable bonds is 6. The molecule has 19 heavy (non-hydrogen) atoms. The van der Waals surface area contributed by atoms with Crippen molar-refractivity contribution in [1.82, 2.24) is 20.3 Å². The number of benzene rings is 1. The molecule has 0 bridgehead atoms. The zero-order valence-corrected chi connectivity index (χ0v) is 11.0. The summed E-state index contributed by atoms with van der Waals surface area (Å²) in [6, 6.07) is 9.53. The molecular weight excluding hydrogens is 266 g/mol. The molecule has 0 radical (unpaired) electrons. The van der Waals surface area contributed by atoms with E-state index in [9.17, 15) is 8.42 Å². The van der Waals surface area contributed by atoms with E-state index in [2.05, 4.69) is 15.5 Å². The summed E-state index contributed by atoms with van der Waals surface area (Å²) in [6.07, 6.45) is 1.64. The quantitative estimate of drug-likeness (QED) is 0.704. The molecule has 7 nitrogen and oxygen atoms in total. The normalized spacial score (nSPS) is 11.6. The van der Waals surface area contributed by atoms with Crippen LogP contribution in [0.2, 0.25) is 0 Å². The average Bonchev–Trinajstić information content (AvgIpc) is 2.83. The molecule has 2 aromatic rings. The van der Waals surface area contributed by atoms with Gasteiger partial charge in [0.2, 0.25) is 10.0 Å². The summed E-state index contributed by atoms with van der Waals surface area (Å²) in [6.45, 7) is 0.735. The second kappa shape index (κ2) is 5.91. The largest absolute Gasteiger partial charge is 0.310 e. The van der Waals surface area contributed by atoms with Crippen molar-refractivity contribution in [3.63, 3.8) is 0 Å². The van der Waals surface area contributed by atoms with Crippen molar-refractivity contribution in [3.05, 3.63) is 42.2 Å². The molecule has 0 fully saturated rings. The first kappa shape index (κ1) is 13.7. The van der Waals surface area contributed by atoms with Gasteiger partial charge in [0.1, 0.15) is 0 Å². The first-order valence-electron chi connectivity index (χ1n) is 5.72. The molecule has 0 saturated carbocycles. The van der Waals surface area contributed by atoms with Crippen LogP contribution in [-0.2, 0) is 16.6 Å². The molecule has 3 N–H and O–H groups in total. The molecule has 2 rings (SSSR count). The van der Waals surface area contributed by atoms with E-state index in [0.29, 0.717) is 6.54 Å². The lowest BCUT2D eigenvalue weighted by atomic mass is 10.3. The molecular formula is C11H15N5O2S. The number of nitrogens with two attached hydrogens (primary N) is 1. The van der Waals surface area contributed by atoms with Crippen LogP contribution >= 0.6 is 0 Å². The molecule has 0 saturated heterocycles. The number of nitrogens with one attached hydrogen (secondary N) is 1. The van der Waals surface area contributed by atoms with Gasteiger partial charge in [-0.25, -0.2) is 13.6 Å². The van der Waals surface area contributed by atoms with Crippen LogP contribution in [0.3, 0.4) is 0 Å². The van der Waals surface area contributed by atoms with Gasteiger partial charge in [-0.15, -0.1) is 0 Å². The van der Waals surface area contributed by atoms with Gasteiger partial charge in [-0.3, -0.25) is 0 Å². The standard InChI is InChI=1S/C11H15N5O2S/c12-19(17,18)7-6-13-8-10-9-14-16(15-10)11-4-2-1-3-5-11/h1-5,9,13H,6-8H2,(H2,12,17,18). The van der Waals surface area contributed by atoms with Crippen molar-refractivity contribution in [3.8, 4) is 5.69 Å². The Morgan fingerprint density at radius 3 is 2.68 bits per heavy atom. The van der Waals surface area contributed by atoms with Crippen LogP contribution in [0.1, 0.15) is 5.69 Å². The summed E-state index contributed by atoms with van der Waals surface area (Å²) in [7, 11) is -3.42. The highest BCUT2D eigenvalue weighted by Crippen LogP contribution is 2.03. The zero-order valence-electron chi connectivity index (χ0n) is 10.2. The number of hydrogen-bond donors (Lipinski definition) is 2. The molecule has 1 heterocycles. The maximum absolute atomic E-state index is 10.7. The van der Waals surface area contributed by atoms with E-state index < -0.39 is 10.0 Å². The van der Waals surface area contributed by atoms with Crippen molar-refractivity contribution in [2.24, 2.45) is 5.14 Å². The summed E-state index contributed by atoms with van der Waals surface area (Å²) in [5.41, 5.74) is 1.61. The smallest absolute Gasteiger partial charge is 0.210 e. The van der Waals surface area contributed by atoms with E-state index in [1.165, 1.54) is 4.80 Å². The summed E-state index contributed by atoms with van der Waals surface area (Å²) in [4.78, 5) is 1.52. The van der Waals surface area contributed by atoms with Crippen LogP contribution in [0, 0.1) is 0 Å². The van der Waals surface area contributed by atoms with Crippen LogP contribution in [0.25, 0.3) is 5.69 Å². The van der Waals surface area contributed by atoms with Crippen molar-refractivity contribution < 1.29 is 8.42 Å². The lowest BCUT2D eigenvalue weighted by Gasteiger charge is -2.00. The van der Waals surface area contributed by atoms with Crippen LogP contribution in [-0.4, -0.2) is 35.7 Å². The molecule has 0 spiro atoms. The Morgan fingerprint density at radius 1 is 1.26 bits per heavy atom. The molecule has 1 aromatic carbocycles. The highest BCUT2D eigenvalue weighted by atomic mass is 32.2. The molecule has 0 aliphatic carbocycles. The summed E-state index contributed by atoms with van der Waals surface area (Å²) in [5.74, 6) is -0.0974. The number of aromatic nitrogens is 3. The number of sulfonamides is 1. The van der Waals surface area contributed by atoms with E-state index in [1.54, 1.807) is 6.20 Å². The van der Waals surface area contributed by atoms with Gasteiger partial charge in [-0.1, -0.05) is 18.2 Å². The second-order valence-corrected chi connectivity index (χ2v) is 5.74. The molecule has 0 amide bonds. The van der Waals surface area contributed by atoms with Gasteiger partial charge in [0.15, 0.2) is 0 Å². The first-order valence-corrected chi connectivity index (χ1v) is 7.44. The van der Waals surface area contributed by atoms with Gasteiger partial charge in [-0.2, -0.15) is 15.0 Å². The van der Waals surface area contributed by atoms with Gasteiger partial charge >= 0.3 is 0 Å². The monoisotopic (exact) mass is 281 g/mol. The van der Waals surface area contributed by atoms with E-state index in [4.69, 9.17) is 5.14 Å². The Balaban J connectivity index is 1.88. The maximum Gasteiger partial charge on any atom is 0.210 e. The SMILES string of the molecule is NS(=O)(=O)CCNCc1cnn(-c2ccccc2)n1. The Labute approximate surface area is 111 Å². The summed E-state index contributed by atoms with van der Waals surface area (Å²) in [5, 5.41) is 16.3. The highest BCUT2D eigenvalue weighted by Gasteiger charge is 2.04. The van der Waals surface area contributed by atoms with Gasteiger partial charge in [0.25, 0.3) is 0 Å². The topological polar surface area (TPSA) is 103 Å². The number of primary sulfonamides is 1. The third-order valence-electron chi connectivity index (χ3n) is 2.40. The van der Waals surface area contributed by atoms with Gasteiger partial charge in [-0.05, 0) is 12.1 Å². The van der Waals surface area contributed by atoms with E-state index in [0.717, 1.165) is 11.4 Å². The van der Waals surface area contributed by atoms with Crippen molar-refractivity contribution in [2.45, 2.75) is 6.54 Å². The fourth-order valence-electron chi connectivity index (χ4n) is 1.49. The van der Waals surface area contributed by atoms with Gasteiger partial charge in [0, 0.05) is 13.1 Å². The molecule has 0 unspecified atom stereocenters. The van der Waals surface area contributed by atoms with Crippen molar-refractivity contribution in [2.75, 3.05) is 12.3 Å². The van der Waals surface area contributed by atoms with E-state index in [-0.39, 0.29) is 12.3 Å². The molecule has 1 aromatic heterocycles. The lowest BCUT2D eigenvalue weighted by Crippen LogP contribution is -2.26. The number of hydrogen-bond acceptors (Lipinski definition) is 5. The second-order valence-electron chi connectivity index (χ2n) is 4.00. The molecule has 0 atom stereocenters. The zero-order chi connectivity index (χ0) is 13.7. The molecule has 8 heteroatoms. The Hall–Kier alpha value is -1.77.